The first-order chi connectivity index (χ1) is 14.4. The molecule has 0 unspecified atom stereocenters. The number of benzene rings is 2. The molecule has 1 aliphatic heterocycles. The van der Waals surface area contributed by atoms with Crippen LogP contribution in [-0.2, 0) is 11.3 Å². The molecule has 1 aliphatic rings. The number of anilines is 1. The van der Waals surface area contributed by atoms with Gasteiger partial charge >= 0.3 is 6.03 Å². The number of carbonyl (C=O) groups is 2. The van der Waals surface area contributed by atoms with Crippen molar-refractivity contribution in [1.82, 2.24) is 15.1 Å². The second-order valence-corrected chi connectivity index (χ2v) is 8.29. The maximum Gasteiger partial charge on any atom is 0.325 e. The summed E-state index contributed by atoms with van der Waals surface area (Å²) in [5.41, 5.74) is 4.03. The van der Waals surface area contributed by atoms with E-state index in [4.69, 9.17) is 11.6 Å². The first-order valence-electron chi connectivity index (χ1n) is 10.3. The highest BCUT2D eigenvalue weighted by Gasteiger charge is 2.18. The van der Waals surface area contributed by atoms with Crippen LogP contribution in [0.25, 0.3) is 0 Å². The highest BCUT2D eigenvalue weighted by atomic mass is 35.5. The van der Waals surface area contributed by atoms with Gasteiger partial charge in [-0.25, -0.2) is 4.79 Å². The number of amides is 3. The van der Waals surface area contributed by atoms with Gasteiger partial charge in [-0.2, -0.15) is 0 Å². The fourth-order valence-corrected chi connectivity index (χ4v) is 3.79. The number of imide groups is 1. The molecule has 6 nitrogen and oxygen atoms in total. The Bertz CT molecular complexity index is 885. The Labute approximate surface area is 183 Å². The van der Waals surface area contributed by atoms with Crippen LogP contribution in [0.1, 0.15) is 23.1 Å². The monoisotopic (exact) mass is 428 g/mol. The highest BCUT2D eigenvalue weighted by Crippen LogP contribution is 2.16. The van der Waals surface area contributed by atoms with Crippen LogP contribution in [0.15, 0.2) is 42.5 Å². The van der Waals surface area contributed by atoms with E-state index in [1.165, 1.54) is 5.56 Å². The Morgan fingerprint density at radius 2 is 1.67 bits per heavy atom. The lowest BCUT2D eigenvalue weighted by Gasteiger charge is -2.21. The molecule has 160 valence electrons. The molecule has 30 heavy (non-hydrogen) atoms. The maximum atomic E-state index is 12.3. The van der Waals surface area contributed by atoms with Crippen molar-refractivity contribution >= 4 is 29.2 Å². The summed E-state index contributed by atoms with van der Waals surface area (Å²) in [5, 5.41) is 5.93. The third kappa shape index (κ3) is 6.83. The van der Waals surface area contributed by atoms with Gasteiger partial charge in [0, 0.05) is 30.3 Å². The largest absolute Gasteiger partial charge is 0.325 e. The minimum atomic E-state index is -0.494. The van der Waals surface area contributed by atoms with Gasteiger partial charge in [0.05, 0.1) is 6.54 Å². The molecule has 7 heteroatoms. The smallest absolute Gasteiger partial charge is 0.307 e. The van der Waals surface area contributed by atoms with E-state index in [0.29, 0.717) is 5.69 Å². The second kappa shape index (κ2) is 10.6. The van der Waals surface area contributed by atoms with E-state index >= 15 is 0 Å². The number of carbonyl (C=O) groups excluding carboxylic acids is 2. The average molecular weight is 429 g/mol. The molecule has 3 rings (SSSR count). The first-order valence-corrected chi connectivity index (χ1v) is 10.6. The molecule has 0 bridgehead atoms. The lowest BCUT2D eigenvalue weighted by Crippen LogP contribution is -2.43. The number of aryl methyl sites for hydroxylation is 2. The molecule has 1 heterocycles. The predicted molar refractivity (Wildman–Crippen MR) is 121 cm³/mol. The van der Waals surface area contributed by atoms with Gasteiger partial charge in [-0.3, -0.25) is 19.9 Å². The number of nitrogens with one attached hydrogen (secondary N) is 2. The predicted octanol–water partition coefficient (Wildman–Crippen LogP) is 3.81. The molecule has 1 fully saturated rings. The third-order valence-electron chi connectivity index (χ3n) is 5.25. The molecular formula is C23H29ClN4O2. The number of rotatable bonds is 5. The molecule has 0 aliphatic carbocycles. The first kappa shape index (κ1) is 22.3. The van der Waals surface area contributed by atoms with Gasteiger partial charge in [0.15, 0.2) is 0 Å². The topological polar surface area (TPSA) is 64.7 Å². The van der Waals surface area contributed by atoms with Crippen molar-refractivity contribution in [3.8, 4) is 0 Å². The van der Waals surface area contributed by atoms with Gasteiger partial charge in [-0.1, -0.05) is 41.4 Å². The summed E-state index contributed by atoms with van der Waals surface area (Å²) < 4.78 is 0. The lowest BCUT2D eigenvalue weighted by atomic mass is 10.1. The zero-order chi connectivity index (χ0) is 21.5. The third-order valence-corrected chi connectivity index (χ3v) is 5.50. The summed E-state index contributed by atoms with van der Waals surface area (Å²) in [4.78, 5) is 29.0. The van der Waals surface area contributed by atoms with E-state index < -0.39 is 6.03 Å². The Morgan fingerprint density at radius 3 is 2.40 bits per heavy atom. The summed E-state index contributed by atoms with van der Waals surface area (Å²) in [6.07, 6.45) is 0.982. The number of nitrogens with zero attached hydrogens (tertiary/aromatic N) is 2. The fourth-order valence-electron chi connectivity index (χ4n) is 3.67. The van der Waals surface area contributed by atoms with Gasteiger partial charge in [-0.05, 0) is 62.7 Å². The van der Waals surface area contributed by atoms with Crippen molar-refractivity contribution in [2.24, 2.45) is 0 Å². The molecule has 0 atom stereocenters. The van der Waals surface area contributed by atoms with Crippen LogP contribution in [0.2, 0.25) is 5.02 Å². The Morgan fingerprint density at radius 1 is 0.967 bits per heavy atom. The molecule has 2 aromatic carbocycles. The number of halogens is 1. The van der Waals surface area contributed by atoms with Gasteiger partial charge in [0.1, 0.15) is 0 Å². The van der Waals surface area contributed by atoms with Gasteiger partial charge in [-0.15, -0.1) is 0 Å². The van der Waals surface area contributed by atoms with E-state index in [1.807, 2.05) is 56.3 Å². The number of hydrogen-bond donors (Lipinski definition) is 2. The van der Waals surface area contributed by atoms with Crippen molar-refractivity contribution in [3.63, 3.8) is 0 Å². The Hall–Kier alpha value is -2.41. The Kier molecular flexibility index (Phi) is 7.85. The van der Waals surface area contributed by atoms with E-state index in [1.54, 1.807) is 0 Å². The van der Waals surface area contributed by atoms with Gasteiger partial charge in [0.25, 0.3) is 0 Å². The van der Waals surface area contributed by atoms with Crippen LogP contribution in [0.4, 0.5) is 10.5 Å². The van der Waals surface area contributed by atoms with Crippen LogP contribution in [0.5, 0.6) is 0 Å². The van der Waals surface area contributed by atoms with E-state index in [0.717, 1.165) is 55.3 Å². The van der Waals surface area contributed by atoms with E-state index in [9.17, 15) is 9.59 Å². The fraction of sp³-hybridized carbons (Fsp3) is 0.391. The van der Waals surface area contributed by atoms with Crippen molar-refractivity contribution in [2.45, 2.75) is 26.8 Å². The summed E-state index contributed by atoms with van der Waals surface area (Å²) in [6.45, 7) is 8.50. The molecule has 2 aromatic rings. The summed E-state index contributed by atoms with van der Waals surface area (Å²) >= 11 is 5.96. The zero-order valence-electron chi connectivity index (χ0n) is 17.6. The maximum absolute atomic E-state index is 12.3. The second-order valence-electron chi connectivity index (χ2n) is 7.85. The normalized spacial score (nSPS) is 15.4. The van der Waals surface area contributed by atoms with Crippen molar-refractivity contribution < 1.29 is 9.59 Å². The molecule has 0 spiro atoms. The molecule has 0 aromatic heterocycles. The van der Waals surface area contributed by atoms with Crippen molar-refractivity contribution in [1.29, 1.82) is 0 Å². The van der Waals surface area contributed by atoms with Gasteiger partial charge in [0.2, 0.25) is 5.91 Å². The molecule has 3 amide bonds. The summed E-state index contributed by atoms with van der Waals surface area (Å²) in [5.74, 6) is -0.289. The lowest BCUT2D eigenvalue weighted by molar-refractivity contribution is -0.121. The average Bonchev–Trinajstić information content (AvgIpc) is 2.91. The number of hydrogen-bond acceptors (Lipinski definition) is 4. The van der Waals surface area contributed by atoms with Gasteiger partial charge < -0.3 is 5.32 Å². The van der Waals surface area contributed by atoms with Crippen LogP contribution >= 0.6 is 11.6 Å². The zero-order valence-corrected chi connectivity index (χ0v) is 18.3. The quantitative estimate of drug-likeness (QED) is 0.760. The molecule has 0 saturated carbocycles. The SMILES string of the molecule is Cc1ccc(NC(=O)NC(=O)CN2CCCN(Cc3ccc(Cl)cc3)CC2)c(C)c1. The van der Waals surface area contributed by atoms with Crippen molar-refractivity contribution in [2.75, 3.05) is 38.0 Å². The van der Waals surface area contributed by atoms with Crippen LogP contribution in [-0.4, -0.2) is 54.5 Å². The highest BCUT2D eigenvalue weighted by molar-refractivity contribution is 6.30. The molecule has 0 radical (unpaired) electrons. The van der Waals surface area contributed by atoms with Crippen LogP contribution in [0.3, 0.4) is 0 Å². The molecule has 1 saturated heterocycles. The summed E-state index contributed by atoms with van der Waals surface area (Å²) in [7, 11) is 0. The Balaban J connectivity index is 1.43. The minimum Gasteiger partial charge on any atom is -0.307 e. The van der Waals surface area contributed by atoms with E-state index in [2.05, 4.69) is 20.4 Å². The number of urea groups is 1. The van der Waals surface area contributed by atoms with Crippen LogP contribution < -0.4 is 10.6 Å². The standard InChI is InChI=1S/C23H29ClN4O2/c1-17-4-9-21(18(2)14-17)25-23(30)26-22(29)16-28-11-3-10-27(12-13-28)15-19-5-7-20(24)8-6-19/h4-9,14H,3,10-13,15-16H2,1-2H3,(H2,25,26,29,30). The van der Waals surface area contributed by atoms with Crippen LogP contribution in [0, 0.1) is 13.8 Å². The minimum absolute atomic E-state index is 0.217. The van der Waals surface area contributed by atoms with Crippen molar-refractivity contribution in [3.05, 3.63) is 64.2 Å². The van der Waals surface area contributed by atoms with E-state index in [-0.39, 0.29) is 12.5 Å². The molecular weight excluding hydrogens is 400 g/mol. The summed E-state index contributed by atoms with van der Waals surface area (Å²) in [6, 6.07) is 13.2. The molecule has 2 N–H and O–H groups in total.